The van der Waals surface area contributed by atoms with Crippen LogP contribution in [0.4, 0.5) is 4.79 Å². The highest BCUT2D eigenvalue weighted by Gasteiger charge is 2.53. The van der Waals surface area contributed by atoms with Crippen molar-refractivity contribution in [3.05, 3.63) is 0 Å². The molecule has 7 heteroatoms. The van der Waals surface area contributed by atoms with Gasteiger partial charge in [-0.05, 0) is 50.9 Å². The molecule has 0 aromatic carbocycles. The maximum Gasteiger partial charge on any atom is 0.408 e. The molecular formula is C20H34N2O5. The van der Waals surface area contributed by atoms with E-state index in [9.17, 15) is 14.4 Å². The van der Waals surface area contributed by atoms with Gasteiger partial charge in [-0.3, -0.25) is 4.79 Å². The molecule has 1 heterocycles. The maximum atomic E-state index is 13.4. The highest BCUT2D eigenvalue weighted by atomic mass is 16.6. The third-order valence-corrected chi connectivity index (χ3v) is 5.45. The Kier molecular flexibility index (Phi) is 5.83. The topological polar surface area (TPSA) is 84.9 Å². The highest BCUT2D eigenvalue weighted by Crippen LogP contribution is 2.50. The molecule has 2 fully saturated rings. The highest BCUT2D eigenvalue weighted by molar-refractivity contribution is 5.91. The van der Waals surface area contributed by atoms with Gasteiger partial charge in [0, 0.05) is 6.54 Å². The van der Waals surface area contributed by atoms with Crippen molar-refractivity contribution in [2.75, 3.05) is 13.7 Å². The largest absolute Gasteiger partial charge is 0.467 e. The molecule has 0 bridgehead atoms. The minimum Gasteiger partial charge on any atom is -0.467 e. The van der Waals surface area contributed by atoms with E-state index in [1.807, 2.05) is 20.8 Å². The average Bonchev–Trinajstić information content (AvgIpc) is 2.89. The molecule has 2 rings (SSSR count). The van der Waals surface area contributed by atoms with E-state index in [0.29, 0.717) is 13.0 Å². The number of nitrogens with zero attached hydrogens (tertiary/aromatic N) is 1. The molecule has 1 N–H and O–H groups in total. The molecule has 27 heavy (non-hydrogen) atoms. The second kappa shape index (κ2) is 7.32. The lowest BCUT2D eigenvalue weighted by molar-refractivity contribution is -0.152. The maximum absolute atomic E-state index is 13.4. The first-order valence-electron chi connectivity index (χ1n) is 9.66. The predicted octanol–water partition coefficient (Wildman–Crippen LogP) is 2.87. The van der Waals surface area contributed by atoms with Crippen molar-refractivity contribution in [3.63, 3.8) is 0 Å². The van der Waals surface area contributed by atoms with Gasteiger partial charge in [0.25, 0.3) is 0 Å². The molecule has 7 nitrogen and oxygen atoms in total. The molecule has 2 atom stereocenters. The number of carbonyl (C=O) groups is 3. The van der Waals surface area contributed by atoms with E-state index in [0.717, 1.165) is 19.3 Å². The summed E-state index contributed by atoms with van der Waals surface area (Å²) in [4.78, 5) is 39.6. The molecule has 2 unspecified atom stereocenters. The second-order valence-corrected chi connectivity index (χ2v) is 10.0. The first-order valence-corrected chi connectivity index (χ1v) is 9.66. The molecule has 1 spiro atoms. The number of carbonyl (C=O) groups excluding carboxylic acids is 3. The standard InChI is InChI=1S/C20H34N2O5/c1-18(2,3)14(21-17(25)27-19(4,5)6)15(23)22-12-20(9-8-10-20)11-13(22)16(24)26-7/h13-14H,8-12H2,1-7H3,(H,21,25). The number of hydrogen-bond donors (Lipinski definition) is 1. The van der Waals surface area contributed by atoms with Crippen LogP contribution in [0.1, 0.15) is 67.2 Å². The molecule has 154 valence electrons. The third kappa shape index (κ3) is 4.93. The summed E-state index contributed by atoms with van der Waals surface area (Å²) in [7, 11) is 1.34. The Hall–Kier alpha value is -1.79. The van der Waals surface area contributed by atoms with E-state index in [-0.39, 0.29) is 11.3 Å². The Balaban J connectivity index is 2.22. The molecule has 1 saturated carbocycles. The van der Waals surface area contributed by atoms with Crippen molar-refractivity contribution >= 4 is 18.0 Å². The lowest BCUT2D eigenvalue weighted by Crippen LogP contribution is -2.57. The summed E-state index contributed by atoms with van der Waals surface area (Å²) >= 11 is 0. The number of ether oxygens (including phenoxy) is 2. The van der Waals surface area contributed by atoms with Gasteiger partial charge in [0.05, 0.1) is 7.11 Å². The van der Waals surface area contributed by atoms with Crippen molar-refractivity contribution in [1.29, 1.82) is 0 Å². The van der Waals surface area contributed by atoms with Crippen LogP contribution in [0.25, 0.3) is 0 Å². The first-order chi connectivity index (χ1) is 12.3. The molecule has 0 aromatic heterocycles. The summed E-state index contributed by atoms with van der Waals surface area (Å²) < 4.78 is 10.3. The second-order valence-electron chi connectivity index (χ2n) is 10.0. The van der Waals surface area contributed by atoms with Crippen LogP contribution in [0.15, 0.2) is 0 Å². The van der Waals surface area contributed by atoms with Gasteiger partial charge in [-0.25, -0.2) is 9.59 Å². The van der Waals surface area contributed by atoms with Crippen molar-refractivity contribution in [2.45, 2.75) is 84.9 Å². The summed E-state index contributed by atoms with van der Waals surface area (Å²) in [5.74, 6) is -0.649. The summed E-state index contributed by atoms with van der Waals surface area (Å²) in [6.45, 7) is 11.5. The smallest absolute Gasteiger partial charge is 0.408 e. The fourth-order valence-corrected chi connectivity index (χ4v) is 3.91. The number of esters is 1. The van der Waals surface area contributed by atoms with Gasteiger partial charge in [-0.15, -0.1) is 0 Å². The van der Waals surface area contributed by atoms with Gasteiger partial charge in [0.15, 0.2) is 0 Å². The fraction of sp³-hybridized carbons (Fsp3) is 0.850. The molecule has 0 radical (unpaired) electrons. The summed E-state index contributed by atoms with van der Waals surface area (Å²) in [5.41, 5.74) is -1.18. The van der Waals surface area contributed by atoms with Gasteiger partial charge < -0.3 is 19.7 Å². The van der Waals surface area contributed by atoms with E-state index in [1.165, 1.54) is 7.11 Å². The number of methoxy groups -OCH3 is 1. The van der Waals surface area contributed by atoms with E-state index in [4.69, 9.17) is 9.47 Å². The van der Waals surface area contributed by atoms with Gasteiger partial charge in [-0.2, -0.15) is 0 Å². The first kappa shape index (κ1) is 21.5. The Labute approximate surface area is 162 Å². The van der Waals surface area contributed by atoms with Gasteiger partial charge in [0.2, 0.25) is 5.91 Å². The van der Waals surface area contributed by atoms with Crippen molar-refractivity contribution in [2.24, 2.45) is 10.8 Å². The average molecular weight is 383 g/mol. The monoisotopic (exact) mass is 382 g/mol. The minimum absolute atomic E-state index is 0.0167. The van der Waals surface area contributed by atoms with Crippen molar-refractivity contribution in [3.8, 4) is 0 Å². The lowest BCUT2D eigenvalue weighted by Gasteiger charge is -2.39. The quantitative estimate of drug-likeness (QED) is 0.759. The van der Waals surface area contributed by atoms with E-state index in [2.05, 4.69) is 5.32 Å². The van der Waals surface area contributed by atoms with E-state index < -0.39 is 35.2 Å². The van der Waals surface area contributed by atoms with E-state index in [1.54, 1.807) is 25.7 Å². The van der Waals surface area contributed by atoms with Crippen molar-refractivity contribution < 1.29 is 23.9 Å². The van der Waals surface area contributed by atoms with E-state index >= 15 is 0 Å². The van der Waals surface area contributed by atoms with Crippen LogP contribution in [-0.4, -0.2) is 54.2 Å². The SMILES string of the molecule is COC(=O)C1CC2(CCC2)CN1C(=O)C(NC(=O)OC(C)(C)C)C(C)(C)C. The van der Waals surface area contributed by atoms with Crippen LogP contribution in [0.2, 0.25) is 0 Å². The molecule has 1 aliphatic heterocycles. The summed E-state index contributed by atoms with van der Waals surface area (Å²) in [6.07, 6.45) is 3.15. The van der Waals surface area contributed by atoms with Crippen LogP contribution in [0, 0.1) is 10.8 Å². The number of likely N-dealkylation sites (tertiary alicyclic amines) is 1. The van der Waals surface area contributed by atoms with Gasteiger partial charge in [0.1, 0.15) is 17.7 Å². The number of rotatable bonds is 3. The fourth-order valence-electron chi connectivity index (χ4n) is 3.91. The molecule has 1 saturated heterocycles. The van der Waals surface area contributed by atoms with Gasteiger partial charge >= 0.3 is 12.1 Å². The van der Waals surface area contributed by atoms with Gasteiger partial charge in [-0.1, -0.05) is 27.2 Å². The van der Waals surface area contributed by atoms with Crippen LogP contribution in [0.3, 0.4) is 0 Å². The zero-order valence-corrected chi connectivity index (χ0v) is 17.7. The number of nitrogens with one attached hydrogen (secondary N) is 1. The number of hydrogen-bond acceptors (Lipinski definition) is 5. The molecule has 2 amide bonds. The molecule has 2 aliphatic rings. The van der Waals surface area contributed by atoms with Crippen LogP contribution in [0.5, 0.6) is 0 Å². The summed E-state index contributed by atoms with van der Waals surface area (Å²) in [5, 5.41) is 2.73. The Morgan fingerprint density at radius 1 is 1.11 bits per heavy atom. The Morgan fingerprint density at radius 2 is 1.70 bits per heavy atom. The van der Waals surface area contributed by atoms with Crippen molar-refractivity contribution in [1.82, 2.24) is 10.2 Å². The summed E-state index contributed by atoms with van der Waals surface area (Å²) in [6, 6.07) is -1.39. The molecule has 0 aromatic rings. The molecule has 1 aliphatic carbocycles. The van der Waals surface area contributed by atoms with Crippen LogP contribution in [-0.2, 0) is 19.1 Å². The zero-order chi connectivity index (χ0) is 20.6. The van der Waals surface area contributed by atoms with Crippen LogP contribution >= 0.6 is 0 Å². The third-order valence-electron chi connectivity index (χ3n) is 5.45. The number of amides is 2. The number of alkyl carbamates (subject to hydrolysis) is 1. The Morgan fingerprint density at radius 3 is 2.11 bits per heavy atom. The minimum atomic E-state index is -0.797. The Bertz CT molecular complexity index is 598. The predicted molar refractivity (Wildman–Crippen MR) is 101 cm³/mol. The molecular weight excluding hydrogens is 348 g/mol. The van der Waals surface area contributed by atoms with Crippen LogP contribution < -0.4 is 5.32 Å². The normalized spacial score (nSPS) is 22.8. The lowest BCUT2D eigenvalue weighted by atomic mass is 9.67. The zero-order valence-electron chi connectivity index (χ0n) is 17.7.